The number of hydrogen-bond donors (Lipinski definition) is 1. The van der Waals surface area contributed by atoms with E-state index in [2.05, 4.69) is 9.97 Å². The molecule has 1 aromatic rings. The zero-order valence-corrected chi connectivity index (χ0v) is 9.11. The van der Waals surface area contributed by atoms with Gasteiger partial charge in [0.15, 0.2) is 0 Å². The highest BCUT2D eigenvalue weighted by molar-refractivity contribution is 5.37. The van der Waals surface area contributed by atoms with E-state index in [0.717, 1.165) is 0 Å². The van der Waals surface area contributed by atoms with Crippen LogP contribution in [-0.2, 0) is 0 Å². The SMILES string of the molecule is Nc1ccnc(N2CCC(C(F)(F)F)CC2)n1. The lowest BCUT2D eigenvalue weighted by Gasteiger charge is -2.32. The first-order chi connectivity index (χ1) is 7.97. The maximum absolute atomic E-state index is 12.5. The van der Waals surface area contributed by atoms with Crippen LogP contribution in [-0.4, -0.2) is 29.2 Å². The van der Waals surface area contributed by atoms with Gasteiger partial charge in [0.2, 0.25) is 5.95 Å². The monoisotopic (exact) mass is 246 g/mol. The molecule has 7 heteroatoms. The van der Waals surface area contributed by atoms with Crippen molar-refractivity contribution in [3.8, 4) is 0 Å². The molecule has 2 rings (SSSR count). The Balaban J connectivity index is 2.00. The molecular weight excluding hydrogens is 233 g/mol. The smallest absolute Gasteiger partial charge is 0.384 e. The van der Waals surface area contributed by atoms with Crippen molar-refractivity contribution in [3.63, 3.8) is 0 Å². The molecule has 1 aliphatic heterocycles. The number of hydrogen-bond acceptors (Lipinski definition) is 4. The molecule has 1 fully saturated rings. The normalized spacial score (nSPS) is 18.4. The van der Waals surface area contributed by atoms with Crippen LogP contribution in [0.1, 0.15) is 12.8 Å². The van der Waals surface area contributed by atoms with Gasteiger partial charge >= 0.3 is 6.18 Å². The Labute approximate surface area is 96.7 Å². The molecule has 0 aliphatic carbocycles. The van der Waals surface area contributed by atoms with Crippen molar-refractivity contribution < 1.29 is 13.2 Å². The van der Waals surface area contributed by atoms with Crippen molar-refractivity contribution >= 4 is 11.8 Å². The Bertz CT molecular complexity index is 385. The van der Waals surface area contributed by atoms with Crippen molar-refractivity contribution in [2.75, 3.05) is 23.7 Å². The number of piperidine rings is 1. The van der Waals surface area contributed by atoms with E-state index < -0.39 is 12.1 Å². The van der Waals surface area contributed by atoms with E-state index in [1.165, 1.54) is 6.20 Å². The van der Waals surface area contributed by atoms with E-state index in [4.69, 9.17) is 5.73 Å². The number of anilines is 2. The van der Waals surface area contributed by atoms with Crippen molar-refractivity contribution in [1.29, 1.82) is 0 Å². The minimum atomic E-state index is -4.09. The zero-order chi connectivity index (χ0) is 12.5. The van der Waals surface area contributed by atoms with Gasteiger partial charge < -0.3 is 10.6 Å². The van der Waals surface area contributed by atoms with Crippen molar-refractivity contribution in [1.82, 2.24) is 9.97 Å². The average Bonchev–Trinajstić information content (AvgIpc) is 2.28. The lowest BCUT2D eigenvalue weighted by atomic mass is 9.96. The van der Waals surface area contributed by atoms with E-state index in [1.54, 1.807) is 11.0 Å². The fourth-order valence-electron chi connectivity index (χ4n) is 1.92. The molecular formula is C10H13F3N4. The molecule has 0 aromatic carbocycles. The molecule has 2 N–H and O–H groups in total. The molecule has 1 aromatic heterocycles. The summed E-state index contributed by atoms with van der Waals surface area (Å²) in [6, 6.07) is 1.55. The topological polar surface area (TPSA) is 55.0 Å². The summed E-state index contributed by atoms with van der Waals surface area (Å²) < 4.78 is 37.4. The van der Waals surface area contributed by atoms with Gasteiger partial charge in [-0.1, -0.05) is 0 Å². The second-order valence-electron chi connectivity index (χ2n) is 4.08. The lowest BCUT2D eigenvalue weighted by Crippen LogP contribution is -2.39. The Hall–Kier alpha value is -1.53. The number of aromatic nitrogens is 2. The predicted octanol–water partition coefficient (Wildman–Crippen LogP) is 1.84. The Morgan fingerprint density at radius 1 is 1.29 bits per heavy atom. The highest BCUT2D eigenvalue weighted by Gasteiger charge is 2.41. The average molecular weight is 246 g/mol. The maximum atomic E-state index is 12.5. The first-order valence-electron chi connectivity index (χ1n) is 5.37. The van der Waals surface area contributed by atoms with Gasteiger partial charge in [0, 0.05) is 19.3 Å². The van der Waals surface area contributed by atoms with E-state index in [1.807, 2.05) is 0 Å². The van der Waals surface area contributed by atoms with Crippen molar-refractivity contribution in [2.24, 2.45) is 5.92 Å². The Morgan fingerprint density at radius 2 is 1.94 bits per heavy atom. The highest BCUT2D eigenvalue weighted by atomic mass is 19.4. The number of nitrogens with zero attached hydrogens (tertiary/aromatic N) is 3. The molecule has 0 spiro atoms. The molecule has 94 valence electrons. The second-order valence-corrected chi connectivity index (χ2v) is 4.08. The fourth-order valence-corrected chi connectivity index (χ4v) is 1.92. The van der Waals surface area contributed by atoms with E-state index in [9.17, 15) is 13.2 Å². The molecule has 1 aliphatic rings. The van der Waals surface area contributed by atoms with Crippen LogP contribution in [0.2, 0.25) is 0 Å². The van der Waals surface area contributed by atoms with Crippen LogP contribution in [0.3, 0.4) is 0 Å². The Morgan fingerprint density at radius 3 is 2.47 bits per heavy atom. The number of nitrogens with two attached hydrogens (primary N) is 1. The summed E-state index contributed by atoms with van der Waals surface area (Å²) in [6.07, 6.45) is -2.42. The van der Waals surface area contributed by atoms with Gasteiger partial charge in [-0.15, -0.1) is 0 Å². The molecule has 2 heterocycles. The summed E-state index contributed by atoms with van der Waals surface area (Å²) in [6.45, 7) is 0.626. The molecule has 0 radical (unpaired) electrons. The molecule has 0 amide bonds. The van der Waals surface area contributed by atoms with Gasteiger partial charge in [-0.3, -0.25) is 0 Å². The fraction of sp³-hybridized carbons (Fsp3) is 0.600. The molecule has 17 heavy (non-hydrogen) atoms. The van der Waals surface area contributed by atoms with Crippen LogP contribution in [0, 0.1) is 5.92 Å². The summed E-state index contributed by atoms with van der Waals surface area (Å²) >= 11 is 0. The molecule has 0 atom stereocenters. The third-order valence-corrected chi connectivity index (χ3v) is 2.91. The summed E-state index contributed by atoms with van der Waals surface area (Å²) in [5.41, 5.74) is 5.50. The van der Waals surface area contributed by atoms with E-state index in [0.29, 0.717) is 24.9 Å². The van der Waals surface area contributed by atoms with E-state index in [-0.39, 0.29) is 12.8 Å². The van der Waals surface area contributed by atoms with E-state index >= 15 is 0 Å². The number of halogens is 3. The van der Waals surface area contributed by atoms with Gasteiger partial charge in [-0.2, -0.15) is 18.2 Å². The van der Waals surface area contributed by atoms with Crippen LogP contribution in [0.5, 0.6) is 0 Å². The maximum Gasteiger partial charge on any atom is 0.391 e. The minimum Gasteiger partial charge on any atom is -0.384 e. The Kier molecular flexibility index (Phi) is 3.08. The summed E-state index contributed by atoms with van der Waals surface area (Å²) in [7, 11) is 0. The predicted molar refractivity (Wildman–Crippen MR) is 57.4 cm³/mol. The molecule has 4 nitrogen and oxygen atoms in total. The summed E-state index contributed by atoms with van der Waals surface area (Å²) in [5, 5.41) is 0. The molecule has 0 bridgehead atoms. The van der Waals surface area contributed by atoms with Crippen LogP contribution in [0.25, 0.3) is 0 Å². The zero-order valence-electron chi connectivity index (χ0n) is 9.11. The molecule has 1 saturated heterocycles. The largest absolute Gasteiger partial charge is 0.391 e. The van der Waals surface area contributed by atoms with Crippen LogP contribution < -0.4 is 10.6 Å². The minimum absolute atomic E-state index is 0.0850. The van der Waals surface area contributed by atoms with Gasteiger partial charge in [0.1, 0.15) is 5.82 Å². The van der Waals surface area contributed by atoms with Crippen LogP contribution in [0.4, 0.5) is 24.9 Å². The number of rotatable bonds is 1. The third-order valence-electron chi connectivity index (χ3n) is 2.91. The second kappa shape index (κ2) is 4.38. The van der Waals surface area contributed by atoms with Crippen molar-refractivity contribution in [3.05, 3.63) is 12.3 Å². The van der Waals surface area contributed by atoms with Gasteiger partial charge in [0.05, 0.1) is 5.92 Å². The standard InChI is InChI=1S/C10H13F3N4/c11-10(12,13)7-2-5-17(6-3-7)9-15-4-1-8(14)16-9/h1,4,7H,2-3,5-6H2,(H2,14,15,16). The summed E-state index contributed by atoms with van der Waals surface area (Å²) in [5.74, 6) is -0.474. The quantitative estimate of drug-likeness (QED) is 0.821. The molecule has 0 unspecified atom stereocenters. The third kappa shape index (κ3) is 2.78. The van der Waals surface area contributed by atoms with Gasteiger partial charge in [0.25, 0.3) is 0 Å². The van der Waals surface area contributed by atoms with Gasteiger partial charge in [-0.05, 0) is 18.9 Å². The number of nitrogen functional groups attached to an aromatic ring is 1. The molecule has 0 saturated carbocycles. The van der Waals surface area contributed by atoms with Crippen LogP contribution in [0.15, 0.2) is 12.3 Å². The first kappa shape index (κ1) is 11.9. The van der Waals surface area contributed by atoms with Crippen molar-refractivity contribution in [2.45, 2.75) is 19.0 Å². The first-order valence-corrected chi connectivity index (χ1v) is 5.37. The summed E-state index contributed by atoms with van der Waals surface area (Å²) in [4.78, 5) is 9.73. The lowest BCUT2D eigenvalue weighted by molar-refractivity contribution is -0.179. The van der Waals surface area contributed by atoms with Gasteiger partial charge in [-0.25, -0.2) is 4.98 Å². The van der Waals surface area contributed by atoms with Crippen LogP contribution >= 0.6 is 0 Å². The highest BCUT2D eigenvalue weighted by Crippen LogP contribution is 2.34. The number of alkyl halides is 3.